The topological polar surface area (TPSA) is 71.4 Å². The molecule has 0 saturated carbocycles. The van der Waals surface area contributed by atoms with Gasteiger partial charge in [-0.2, -0.15) is 0 Å². The second-order valence-corrected chi connectivity index (χ2v) is 8.86. The van der Waals surface area contributed by atoms with Gasteiger partial charge in [0.1, 0.15) is 0 Å². The Labute approximate surface area is 166 Å². The molecule has 2 unspecified atom stereocenters. The molecule has 1 saturated heterocycles. The molecule has 2 aliphatic rings. The molecule has 0 bridgehead atoms. The minimum absolute atomic E-state index is 0.271. The second kappa shape index (κ2) is 6.99. The van der Waals surface area contributed by atoms with Gasteiger partial charge in [-0.3, -0.25) is 0 Å². The van der Waals surface area contributed by atoms with Gasteiger partial charge in [-0.15, -0.1) is 5.10 Å². The van der Waals surface area contributed by atoms with Crippen molar-refractivity contribution in [1.29, 1.82) is 0 Å². The van der Waals surface area contributed by atoms with Crippen LogP contribution in [-0.4, -0.2) is 38.3 Å². The molecule has 0 amide bonds. The van der Waals surface area contributed by atoms with E-state index in [1.165, 1.54) is 40.6 Å². The highest BCUT2D eigenvalue weighted by Gasteiger charge is 2.33. The van der Waals surface area contributed by atoms with Crippen LogP contribution in [0.15, 0.2) is 18.2 Å². The number of aromatic amines is 1. The van der Waals surface area contributed by atoms with Crippen molar-refractivity contribution in [2.24, 2.45) is 0 Å². The molecule has 2 aromatic heterocycles. The summed E-state index contributed by atoms with van der Waals surface area (Å²) in [6.07, 6.45) is 4.51. The van der Waals surface area contributed by atoms with Gasteiger partial charge in [-0.05, 0) is 84.8 Å². The predicted molar refractivity (Wildman–Crippen MR) is 111 cm³/mol. The molecule has 0 spiro atoms. The monoisotopic (exact) mass is 378 g/mol. The number of aryl methyl sites for hydroxylation is 1. The van der Waals surface area contributed by atoms with Crippen molar-refractivity contribution < 1.29 is 0 Å². The molecule has 0 radical (unpaired) electrons. The Hall–Kier alpha value is -2.21. The Morgan fingerprint density at radius 2 is 1.96 bits per heavy atom. The van der Waals surface area contributed by atoms with Crippen LogP contribution in [0.4, 0.5) is 0 Å². The maximum atomic E-state index is 4.25. The van der Waals surface area contributed by atoms with Crippen LogP contribution in [0, 0.1) is 0 Å². The Balaban J connectivity index is 1.58. The first kappa shape index (κ1) is 17.9. The number of benzene rings is 1. The van der Waals surface area contributed by atoms with E-state index in [0.29, 0.717) is 17.8 Å². The molecule has 2 atom stereocenters. The summed E-state index contributed by atoms with van der Waals surface area (Å²) in [4.78, 5) is 3.80. The first-order valence-corrected chi connectivity index (χ1v) is 10.8. The molecule has 4 heterocycles. The maximum absolute atomic E-state index is 4.25. The lowest BCUT2D eigenvalue weighted by atomic mass is 9.84. The minimum atomic E-state index is 0.271. The molecule has 2 aliphatic heterocycles. The summed E-state index contributed by atoms with van der Waals surface area (Å²) >= 11 is 0. The second-order valence-electron chi connectivity index (χ2n) is 8.86. The third-order valence-corrected chi connectivity index (χ3v) is 6.86. The van der Waals surface area contributed by atoms with Gasteiger partial charge in [-0.25, -0.2) is 4.68 Å². The van der Waals surface area contributed by atoms with Crippen LogP contribution in [0.25, 0.3) is 10.9 Å². The molecule has 148 valence electrons. The number of hydrogen-bond acceptors (Lipinski definition) is 4. The molecular weight excluding hydrogens is 348 g/mol. The van der Waals surface area contributed by atoms with Gasteiger partial charge in [0.2, 0.25) is 0 Å². The van der Waals surface area contributed by atoms with E-state index in [4.69, 9.17) is 0 Å². The Kier molecular flexibility index (Phi) is 4.46. The number of piperidine rings is 1. The first-order valence-electron chi connectivity index (χ1n) is 10.8. The third-order valence-electron chi connectivity index (χ3n) is 6.86. The van der Waals surface area contributed by atoms with E-state index < -0.39 is 0 Å². The van der Waals surface area contributed by atoms with Crippen LogP contribution in [-0.2, 0) is 6.42 Å². The van der Waals surface area contributed by atoms with Gasteiger partial charge in [0.05, 0.1) is 6.04 Å². The molecule has 1 fully saturated rings. The van der Waals surface area contributed by atoms with Crippen molar-refractivity contribution in [3.8, 4) is 0 Å². The number of hydrogen-bond donors (Lipinski definition) is 2. The average Bonchev–Trinajstić information content (AvgIpc) is 3.33. The SMILES string of the molecule is CC(C)c1c(C2CCc3nnnn3C2C)[nH]c2ccc(C3CCNCC3)cc12. The van der Waals surface area contributed by atoms with E-state index in [1.807, 2.05) is 4.68 Å². The van der Waals surface area contributed by atoms with Crippen LogP contribution < -0.4 is 5.32 Å². The third kappa shape index (κ3) is 2.85. The van der Waals surface area contributed by atoms with Gasteiger partial charge in [0, 0.05) is 28.9 Å². The number of rotatable bonds is 3. The molecule has 6 nitrogen and oxygen atoms in total. The van der Waals surface area contributed by atoms with Crippen molar-refractivity contribution in [1.82, 2.24) is 30.5 Å². The van der Waals surface area contributed by atoms with E-state index >= 15 is 0 Å². The van der Waals surface area contributed by atoms with Crippen molar-refractivity contribution in [2.75, 3.05) is 13.1 Å². The Morgan fingerprint density at radius 1 is 1.14 bits per heavy atom. The Bertz CT molecular complexity index is 978. The van der Waals surface area contributed by atoms with E-state index in [0.717, 1.165) is 31.8 Å². The number of nitrogens with one attached hydrogen (secondary N) is 2. The summed E-state index contributed by atoms with van der Waals surface area (Å²) in [6.45, 7) is 9.15. The van der Waals surface area contributed by atoms with E-state index in [-0.39, 0.29) is 6.04 Å². The van der Waals surface area contributed by atoms with Crippen LogP contribution in [0.2, 0.25) is 0 Å². The molecule has 2 N–H and O–H groups in total. The van der Waals surface area contributed by atoms with Gasteiger partial charge in [0.25, 0.3) is 0 Å². The lowest BCUT2D eigenvalue weighted by Gasteiger charge is -2.29. The standard InChI is InChI=1S/C22H30N6/c1-13(2)21-18-12-16(15-8-10-23-11-9-15)4-6-19(18)24-22(21)17-5-7-20-25-26-27-28(20)14(17)3/h4,6,12-15,17,23-24H,5,7-11H2,1-3H3. The number of aromatic nitrogens is 5. The van der Waals surface area contributed by atoms with Crippen molar-refractivity contribution in [3.63, 3.8) is 0 Å². The molecule has 28 heavy (non-hydrogen) atoms. The molecule has 0 aliphatic carbocycles. The first-order chi connectivity index (χ1) is 13.6. The van der Waals surface area contributed by atoms with E-state index in [9.17, 15) is 0 Å². The van der Waals surface area contributed by atoms with Gasteiger partial charge in [-0.1, -0.05) is 19.9 Å². The van der Waals surface area contributed by atoms with E-state index in [2.05, 4.69) is 64.8 Å². The van der Waals surface area contributed by atoms with Crippen LogP contribution >= 0.6 is 0 Å². The number of nitrogens with zero attached hydrogens (tertiary/aromatic N) is 4. The molecule has 5 rings (SSSR count). The lowest BCUT2D eigenvalue weighted by molar-refractivity contribution is 0.329. The van der Waals surface area contributed by atoms with Crippen LogP contribution in [0.3, 0.4) is 0 Å². The van der Waals surface area contributed by atoms with Crippen LogP contribution in [0.1, 0.15) is 86.5 Å². The van der Waals surface area contributed by atoms with Crippen molar-refractivity contribution in [3.05, 3.63) is 40.8 Å². The summed E-state index contributed by atoms with van der Waals surface area (Å²) in [7, 11) is 0. The zero-order valence-electron chi connectivity index (χ0n) is 17.1. The fourth-order valence-corrected chi connectivity index (χ4v) is 5.35. The summed E-state index contributed by atoms with van der Waals surface area (Å²) in [6, 6.07) is 7.38. The summed E-state index contributed by atoms with van der Waals surface area (Å²) in [5.74, 6) is 2.60. The van der Waals surface area contributed by atoms with Crippen LogP contribution in [0.5, 0.6) is 0 Å². The quantitative estimate of drug-likeness (QED) is 0.722. The highest BCUT2D eigenvalue weighted by molar-refractivity contribution is 5.86. The molecule has 1 aromatic carbocycles. The van der Waals surface area contributed by atoms with E-state index in [1.54, 1.807) is 0 Å². The normalized spacial score (nSPS) is 23.4. The zero-order valence-corrected chi connectivity index (χ0v) is 17.1. The molecule has 6 heteroatoms. The summed E-state index contributed by atoms with van der Waals surface area (Å²) in [5.41, 5.74) is 5.65. The fourth-order valence-electron chi connectivity index (χ4n) is 5.35. The largest absolute Gasteiger partial charge is 0.358 e. The molecule has 3 aromatic rings. The van der Waals surface area contributed by atoms with Gasteiger partial charge < -0.3 is 10.3 Å². The fraction of sp³-hybridized carbons (Fsp3) is 0.591. The number of H-pyrrole nitrogens is 1. The highest BCUT2D eigenvalue weighted by Crippen LogP contribution is 2.42. The predicted octanol–water partition coefficient (Wildman–Crippen LogP) is 4.04. The maximum Gasteiger partial charge on any atom is 0.151 e. The Morgan fingerprint density at radius 3 is 2.75 bits per heavy atom. The van der Waals surface area contributed by atoms with Gasteiger partial charge >= 0.3 is 0 Å². The number of tetrazole rings is 1. The summed E-state index contributed by atoms with van der Waals surface area (Å²) < 4.78 is 2.02. The molecular formula is C22H30N6. The average molecular weight is 379 g/mol. The summed E-state index contributed by atoms with van der Waals surface area (Å²) in [5, 5.41) is 17.2. The van der Waals surface area contributed by atoms with Crippen molar-refractivity contribution in [2.45, 2.75) is 70.3 Å². The lowest BCUT2D eigenvalue weighted by Crippen LogP contribution is -2.26. The smallest absolute Gasteiger partial charge is 0.151 e. The number of fused-ring (bicyclic) bond motifs is 2. The van der Waals surface area contributed by atoms with Gasteiger partial charge in [0.15, 0.2) is 5.82 Å². The minimum Gasteiger partial charge on any atom is -0.358 e. The van der Waals surface area contributed by atoms with Crippen molar-refractivity contribution >= 4 is 10.9 Å². The zero-order chi connectivity index (χ0) is 19.3. The highest BCUT2D eigenvalue weighted by atomic mass is 15.6.